The maximum absolute atomic E-state index is 12.6. The van der Waals surface area contributed by atoms with Crippen LogP contribution in [0.15, 0.2) is 41.3 Å². The lowest BCUT2D eigenvalue weighted by atomic mass is 9.85. The monoisotopic (exact) mass is 406 g/mol. The summed E-state index contributed by atoms with van der Waals surface area (Å²) in [6.07, 6.45) is 4.48. The largest absolute Gasteiger partial charge is 0.445 e. The predicted octanol–water partition coefficient (Wildman–Crippen LogP) is 3.32. The van der Waals surface area contributed by atoms with E-state index in [-0.39, 0.29) is 24.1 Å². The zero-order chi connectivity index (χ0) is 21.1. The Morgan fingerprint density at radius 2 is 2.20 bits per heavy atom. The van der Waals surface area contributed by atoms with Crippen molar-refractivity contribution in [1.82, 2.24) is 14.8 Å². The lowest BCUT2D eigenvalue weighted by Gasteiger charge is -2.27. The molecule has 1 fully saturated rings. The number of nitriles is 1. The van der Waals surface area contributed by atoms with Crippen molar-refractivity contribution in [2.45, 2.75) is 38.3 Å². The second-order valence-corrected chi connectivity index (χ2v) is 7.38. The molecule has 0 radical (unpaired) electrons. The van der Waals surface area contributed by atoms with Crippen LogP contribution in [0.5, 0.6) is 0 Å². The molecule has 154 valence electrons. The lowest BCUT2D eigenvalue weighted by molar-refractivity contribution is 0.150. The Bertz CT molecular complexity index is 1180. The van der Waals surface area contributed by atoms with Crippen molar-refractivity contribution in [2.75, 3.05) is 5.32 Å². The highest BCUT2D eigenvalue weighted by Gasteiger charge is 2.29. The summed E-state index contributed by atoms with van der Waals surface area (Å²) >= 11 is 0. The van der Waals surface area contributed by atoms with Crippen LogP contribution in [0.1, 0.15) is 37.3 Å². The highest BCUT2D eigenvalue weighted by atomic mass is 16.5. The summed E-state index contributed by atoms with van der Waals surface area (Å²) in [4.78, 5) is 26.1. The Balaban J connectivity index is 1.72. The molecule has 1 amide bonds. The van der Waals surface area contributed by atoms with Gasteiger partial charge in [0.25, 0.3) is 5.56 Å². The number of nitrogens with zero attached hydrogens (tertiary/aromatic N) is 3. The molecule has 1 aliphatic carbocycles. The van der Waals surface area contributed by atoms with Crippen LogP contribution < -0.4 is 16.6 Å². The van der Waals surface area contributed by atoms with Crippen molar-refractivity contribution in [3.8, 4) is 6.07 Å². The Morgan fingerprint density at radius 3 is 3.00 bits per heavy atom. The molecule has 0 bridgehead atoms. The summed E-state index contributed by atoms with van der Waals surface area (Å²) in [5.74, 6) is 0.283. The standard InChI is InChI=1S/C21H22N6O3/c22-11-14-5-1-2-7-16(14)27-17-8-9-24-20(28)18(17)19(26-27)25-15-6-3-4-13(10-15)12-30-21(23)29/h3-4,6,8-10,14,16H,1-2,5,7,12H2,(H2,23,29)(H,24,28)(H,25,26). The first-order valence-electron chi connectivity index (χ1n) is 9.84. The molecule has 4 N–H and O–H groups in total. The Morgan fingerprint density at radius 1 is 1.37 bits per heavy atom. The molecule has 2 heterocycles. The van der Waals surface area contributed by atoms with E-state index in [0.717, 1.165) is 31.2 Å². The summed E-state index contributed by atoms with van der Waals surface area (Å²) in [7, 11) is 0. The van der Waals surface area contributed by atoms with E-state index in [4.69, 9.17) is 15.6 Å². The number of benzene rings is 1. The van der Waals surface area contributed by atoms with Gasteiger partial charge >= 0.3 is 6.09 Å². The third kappa shape index (κ3) is 3.85. The number of fused-ring (bicyclic) bond motifs is 1. The number of carbonyl (C=O) groups excluding carboxylic acids is 1. The number of rotatable bonds is 5. The van der Waals surface area contributed by atoms with E-state index < -0.39 is 6.09 Å². The molecular formula is C21H22N6O3. The van der Waals surface area contributed by atoms with Crippen molar-refractivity contribution in [3.63, 3.8) is 0 Å². The number of aromatic nitrogens is 3. The van der Waals surface area contributed by atoms with Crippen molar-refractivity contribution < 1.29 is 9.53 Å². The van der Waals surface area contributed by atoms with Crippen LogP contribution in [0.25, 0.3) is 10.9 Å². The summed E-state index contributed by atoms with van der Waals surface area (Å²) in [6.45, 7) is 0.0482. The molecule has 3 aromatic rings. The number of hydrogen-bond donors (Lipinski definition) is 3. The van der Waals surface area contributed by atoms with E-state index in [1.54, 1.807) is 24.4 Å². The van der Waals surface area contributed by atoms with Gasteiger partial charge in [0.2, 0.25) is 0 Å². The van der Waals surface area contributed by atoms with Gasteiger partial charge in [0.05, 0.1) is 23.5 Å². The van der Waals surface area contributed by atoms with Gasteiger partial charge < -0.3 is 20.8 Å². The minimum Gasteiger partial charge on any atom is -0.445 e. The van der Waals surface area contributed by atoms with Gasteiger partial charge in [0, 0.05) is 11.9 Å². The number of nitrogens with one attached hydrogen (secondary N) is 2. The Labute approximate surface area is 172 Å². The Hall–Kier alpha value is -3.80. The maximum Gasteiger partial charge on any atom is 0.404 e. The minimum atomic E-state index is -0.843. The third-order valence-corrected chi connectivity index (χ3v) is 5.41. The number of amides is 1. The van der Waals surface area contributed by atoms with Crippen LogP contribution in [0.4, 0.5) is 16.3 Å². The number of hydrogen-bond acceptors (Lipinski definition) is 6. The van der Waals surface area contributed by atoms with Crippen LogP contribution in [-0.4, -0.2) is 20.9 Å². The van der Waals surface area contributed by atoms with Crippen molar-refractivity contribution in [3.05, 3.63) is 52.4 Å². The van der Waals surface area contributed by atoms with E-state index in [1.807, 2.05) is 16.8 Å². The van der Waals surface area contributed by atoms with Gasteiger partial charge in [-0.25, -0.2) is 4.79 Å². The fraction of sp³-hybridized carbons (Fsp3) is 0.333. The molecule has 30 heavy (non-hydrogen) atoms. The summed E-state index contributed by atoms with van der Waals surface area (Å²) in [5, 5.41) is 17.9. The molecule has 4 rings (SSSR count). The zero-order valence-corrected chi connectivity index (χ0v) is 16.3. The van der Waals surface area contributed by atoms with E-state index >= 15 is 0 Å². The SMILES string of the molecule is N#CC1CCCCC1n1nc(Nc2cccc(COC(N)=O)c2)c2c(=O)[nH]ccc21. The molecule has 1 saturated carbocycles. The van der Waals surface area contributed by atoms with Crippen LogP contribution in [0.2, 0.25) is 0 Å². The molecular weight excluding hydrogens is 384 g/mol. The first kappa shape index (κ1) is 19.5. The third-order valence-electron chi connectivity index (χ3n) is 5.41. The van der Waals surface area contributed by atoms with Gasteiger partial charge in [-0.15, -0.1) is 0 Å². The number of primary amides is 1. The number of aromatic amines is 1. The van der Waals surface area contributed by atoms with E-state index in [1.165, 1.54) is 0 Å². The number of H-pyrrole nitrogens is 1. The van der Waals surface area contributed by atoms with Gasteiger partial charge in [-0.1, -0.05) is 25.0 Å². The number of nitrogens with two attached hydrogens (primary N) is 1. The minimum absolute atomic E-state index is 0.0482. The fourth-order valence-electron chi connectivity index (χ4n) is 4.02. The van der Waals surface area contributed by atoms with Gasteiger partial charge in [-0.2, -0.15) is 10.4 Å². The molecule has 9 nitrogen and oxygen atoms in total. The molecule has 2 unspecified atom stereocenters. The smallest absolute Gasteiger partial charge is 0.404 e. The highest BCUT2D eigenvalue weighted by molar-refractivity contribution is 5.91. The van der Waals surface area contributed by atoms with Gasteiger partial charge in [0.1, 0.15) is 12.0 Å². The average Bonchev–Trinajstić information content (AvgIpc) is 3.12. The Kier molecular flexibility index (Phi) is 5.39. The predicted molar refractivity (Wildman–Crippen MR) is 111 cm³/mol. The van der Waals surface area contributed by atoms with E-state index in [9.17, 15) is 14.9 Å². The highest BCUT2D eigenvalue weighted by Crippen LogP contribution is 2.36. The molecule has 0 aliphatic heterocycles. The zero-order valence-electron chi connectivity index (χ0n) is 16.3. The fourth-order valence-corrected chi connectivity index (χ4v) is 4.02. The summed E-state index contributed by atoms with van der Waals surface area (Å²) < 4.78 is 6.66. The quantitative estimate of drug-likeness (QED) is 0.594. The van der Waals surface area contributed by atoms with Crippen LogP contribution >= 0.6 is 0 Å². The molecule has 2 atom stereocenters. The van der Waals surface area contributed by atoms with Crippen molar-refractivity contribution in [2.24, 2.45) is 11.7 Å². The van der Waals surface area contributed by atoms with E-state index in [0.29, 0.717) is 22.4 Å². The first-order valence-corrected chi connectivity index (χ1v) is 9.84. The normalized spacial score (nSPS) is 18.6. The molecule has 2 aromatic heterocycles. The van der Waals surface area contributed by atoms with Crippen LogP contribution in [-0.2, 0) is 11.3 Å². The number of ether oxygens (including phenoxy) is 1. The second-order valence-electron chi connectivity index (χ2n) is 7.38. The van der Waals surface area contributed by atoms with Gasteiger partial charge in [-0.05, 0) is 36.6 Å². The summed E-state index contributed by atoms with van der Waals surface area (Å²) in [6, 6.07) is 11.4. The lowest BCUT2D eigenvalue weighted by Crippen LogP contribution is -2.23. The van der Waals surface area contributed by atoms with Crippen LogP contribution in [0, 0.1) is 17.2 Å². The van der Waals surface area contributed by atoms with E-state index in [2.05, 4.69) is 16.4 Å². The number of carbonyl (C=O) groups is 1. The van der Waals surface area contributed by atoms with Crippen LogP contribution in [0.3, 0.4) is 0 Å². The summed E-state index contributed by atoms with van der Waals surface area (Å²) in [5.41, 5.74) is 6.91. The number of pyridine rings is 1. The second kappa shape index (κ2) is 8.29. The van der Waals surface area contributed by atoms with Crippen molar-refractivity contribution >= 4 is 28.5 Å². The number of anilines is 2. The van der Waals surface area contributed by atoms with Gasteiger partial charge in [0.15, 0.2) is 5.82 Å². The molecule has 1 aliphatic rings. The van der Waals surface area contributed by atoms with Gasteiger partial charge in [-0.3, -0.25) is 9.48 Å². The van der Waals surface area contributed by atoms with Crippen molar-refractivity contribution in [1.29, 1.82) is 5.26 Å². The molecule has 9 heteroatoms. The molecule has 0 spiro atoms. The topological polar surface area (TPSA) is 139 Å². The molecule has 1 aromatic carbocycles. The maximum atomic E-state index is 12.6. The molecule has 0 saturated heterocycles. The average molecular weight is 406 g/mol. The first-order chi connectivity index (χ1) is 14.6.